The molecule has 1 aliphatic rings. The van der Waals surface area contributed by atoms with Gasteiger partial charge in [0.15, 0.2) is 0 Å². The van der Waals surface area contributed by atoms with Crippen LogP contribution in [0.4, 0.5) is 0 Å². The molecule has 1 saturated carbocycles. The first-order valence-corrected chi connectivity index (χ1v) is 8.56. The maximum atomic E-state index is 11.1. The van der Waals surface area contributed by atoms with E-state index >= 15 is 0 Å². The molecule has 1 fully saturated rings. The SMILES string of the molecule is CC.COc1ccc(C(CN(C)C)C2(O)CCCCC2)cc1. The Bertz CT molecular complexity index is 408. The van der Waals surface area contributed by atoms with Gasteiger partial charge in [0.25, 0.3) is 0 Å². The molecule has 0 saturated heterocycles. The number of benzene rings is 1. The molecule has 0 aromatic heterocycles. The van der Waals surface area contributed by atoms with Gasteiger partial charge in [-0.25, -0.2) is 0 Å². The Kier molecular flexibility index (Phi) is 7.91. The van der Waals surface area contributed by atoms with Crippen molar-refractivity contribution in [1.82, 2.24) is 4.90 Å². The first-order valence-electron chi connectivity index (χ1n) is 8.56. The van der Waals surface area contributed by atoms with Crippen LogP contribution >= 0.6 is 0 Å². The standard InChI is InChI=1S/C17H27NO2.C2H6/c1-18(2)13-16(17(19)11-5-4-6-12-17)14-7-9-15(20-3)10-8-14;1-2/h7-10,16,19H,4-6,11-13H2,1-3H3;1-2H3. The molecule has 1 N–H and O–H groups in total. The van der Waals surface area contributed by atoms with Crippen molar-refractivity contribution >= 4 is 0 Å². The average molecular weight is 307 g/mol. The zero-order valence-electron chi connectivity index (χ0n) is 14.9. The second-order valence-electron chi connectivity index (χ2n) is 6.25. The highest BCUT2D eigenvalue weighted by Crippen LogP contribution is 2.40. The van der Waals surface area contributed by atoms with Crippen molar-refractivity contribution in [3.8, 4) is 5.75 Å². The lowest BCUT2D eigenvalue weighted by Crippen LogP contribution is -2.42. The summed E-state index contributed by atoms with van der Waals surface area (Å²) in [5, 5.41) is 11.1. The fraction of sp³-hybridized carbons (Fsp3) is 0.684. The van der Waals surface area contributed by atoms with Gasteiger partial charge < -0.3 is 14.7 Å². The summed E-state index contributed by atoms with van der Waals surface area (Å²) in [4.78, 5) is 2.17. The van der Waals surface area contributed by atoms with Crippen LogP contribution in [0.1, 0.15) is 57.4 Å². The number of aliphatic hydroxyl groups is 1. The fourth-order valence-corrected chi connectivity index (χ4v) is 3.30. The molecule has 0 heterocycles. The number of hydrogen-bond acceptors (Lipinski definition) is 3. The highest BCUT2D eigenvalue weighted by atomic mass is 16.5. The summed E-state index contributed by atoms with van der Waals surface area (Å²) in [7, 11) is 5.83. The minimum atomic E-state index is -0.558. The minimum Gasteiger partial charge on any atom is -0.497 e. The lowest BCUT2D eigenvalue weighted by Gasteiger charge is -2.40. The monoisotopic (exact) mass is 307 g/mol. The molecule has 1 unspecified atom stereocenters. The van der Waals surface area contributed by atoms with E-state index in [1.54, 1.807) is 7.11 Å². The van der Waals surface area contributed by atoms with E-state index < -0.39 is 5.60 Å². The number of ether oxygens (including phenoxy) is 1. The van der Waals surface area contributed by atoms with Gasteiger partial charge in [-0.1, -0.05) is 45.2 Å². The van der Waals surface area contributed by atoms with Gasteiger partial charge in [-0.3, -0.25) is 0 Å². The zero-order chi connectivity index (χ0) is 16.6. The summed E-state index contributed by atoms with van der Waals surface area (Å²) in [6.07, 6.45) is 5.35. The van der Waals surface area contributed by atoms with Gasteiger partial charge >= 0.3 is 0 Å². The summed E-state index contributed by atoms with van der Waals surface area (Å²) < 4.78 is 5.23. The molecular formula is C19H33NO2. The molecule has 0 radical (unpaired) electrons. The fourth-order valence-electron chi connectivity index (χ4n) is 3.30. The third-order valence-corrected chi connectivity index (χ3v) is 4.43. The molecule has 126 valence electrons. The van der Waals surface area contributed by atoms with Crippen molar-refractivity contribution < 1.29 is 9.84 Å². The second-order valence-corrected chi connectivity index (χ2v) is 6.25. The molecule has 22 heavy (non-hydrogen) atoms. The van der Waals surface area contributed by atoms with E-state index in [2.05, 4.69) is 31.1 Å². The molecule has 2 rings (SSSR count). The Morgan fingerprint density at radius 2 is 1.64 bits per heavy atom. The number of methoxy groups -OCH3 is 1. The molecule has 0 spiro atoms. The predicted octanol–water partition coefficient (Wildman–Crippen LogP) is 4.06. The largest absolute Gasteiger partial charge is 0.497 e. The molecule has 0 aliphatic heterocycles. The molecule has 1 aliphatic carbocycles. The van der Waals surface area contributed by atoms with E-state index in [0.717, 1.165) is 38.0 Å². The molecule has 0 amide bonds. The first-order chi connectivity index (χ1) is 10.5. The topological polar surface area (TPSA) is 32.7 Å². The third kappa shape index (κ3) is 4.99. The van der Waals surface area contributed by atoms with Gasteiger partial charge in [0.05, 0.1) is 12.7 Å². The molecule has 1 aromatic carbocycles. The number of rotatable bonds is 5. The van der Waals surface area contributed by atoms with Crippen LogP contribution in [0.15, 0.2) is 24.3 Å². The maximum Gasteiger partial charge on any atom is 0.118 e. The van der Waals surface area contributed by atoms with Crippen LogP contribution in [0, 0.1) is 0 Å². The molecule has 0 bridgehead atoms. The van der Waals surface area contributed by atoms with Crippen molar-refractivity contribution in [2.45, 2.75) is 57.5 Å². The molecular weight excluding hydrogens is 274 g/mol. The smallest absolute Gasteiger partial charge is 0.118 e. The van der Waals surface area contributed by atoms with Gasteiger partial charge in [-0.2, -0.15) is 0 Å². The Hall–Kier alpha value is -1.06. The Balaban J connectivity index is 0.00000116. The van der Waals surface area contributed by atoms with Gasteiger partial charge in [0.1, 0.15) is 5.75 Å². The van der Waals surface area contributed by atoms with Crippen LogP contribution in [-0.2, 0) is 0 Å². The predicted molar refractivity (Wildman–Crippen MR) is 93.7 cm³/mol. The van der Waals surface area contributed by atoms with Crippen LogP contribution < -0.4 is 4.74 Å². The minimum absolute atomic E-state index is 0.170. The third-order valence-electron chi connectivity index (χ3n) is 4.43. The Morgan fingerprint density at radius 3 is 2.09 bits per heavy atom. The molecule has 3 heteroatoms. The van der Waals surface area contributed by atoms with E-state index in [4.69, 9.17) is 4.74 Å². The van der Waals surface area contributed by atoms with Crippen LogP contribution in [0.2, 0.25) is 0 Å². The lowest BCUT2D eigenvalue weighted by molar-refractivity contribution is -0.0277. The van der Waals surface area contributed by atoms with Crippen LogP contribution in [0.25, 0.3) is 0 Å². The van der Waals surface area contributed by atoms with Crippen molar-refractivity contribution in [1.29, 1.82) is 0 Å². The lowest BCUT2D eigenvalue weighted by atomic mass is 9.72. The normalized spacial score (nSPS) is 18.3. The van der Waals surface area contributed by atoms with Crippen molar-refractivity contribution in [2.75, 3.05) is 27.7 Å². The van der Waals surface area contributed by atoms with Gasteiger partial charge in [-0.15, -0.1) is 0 Å². The number of likely N-dealkylation sites (N-methyl/N-ethyl adjacent to an activating group) is 1. The van der Waals surface area contributed by atoms with Gasteiger partial charge in [0, 0.05) is 12.5 Å². The summed E-state index contributed by atoms with van der Waals surface area (Å²) in [5.74, 6) is 1.04. The molecule has 3 nitrogen and oxygen atoms in total. The molecule has 1 aromatic rings. The second kappa shape index (κ2) is 9.16. The Labute approximate surface area is 136 Å². The average Bonchev–Trinajstić information content (AvgIpc) is 2.55. The van der Waals surface area contributed by atoms with Crippen molar-refractivity contribution in [2.24, 2.45) is 0 Å². The van der Waals surface area contributed by atoms with Crippen molar-refractivity contribution in [3.05, 3.63) is 29.8 Å². The van der Waals surface area contributed by atoms with Crippen LogP contribution in [0.5, 0.6) is 5.75 Å². The van der Waals surface area contributed by atoms with Gasteiger partial charge in [-0.05, 0) is 44.6 Å². The van der Waals surface area contributed by atoms with E-state index in [0.29, 0.717) is 0 Å². The number of nitrogens with zero attached hydrogens (tertiary/aromatic N) is 1. The highest BCUT2D eigenvalue weighted by Gasteiger charge is 2.38. The van der Waals surface area contributed by atoms with E-state index in [-0.39, 0.29) is 5.92 Å². The quantitative estimate of drug-likeness (QED) is 0.890. The summed E-state index contributed by atoms with van der Waals surface area (Å²) >= 11 is 0. The summed E-state index contributed by atoms with van der Waals surface area (Å²) in [6.45, 7) is 4.88. The van der Waals surface area contributed by atoms with Gasteiger partial charge in [0.2, 0.25) is 0 Å². The van der Waals surface area contributed by atoms with E-state index in [9.17, 15) is 5.11 Å². The molecule has 1 atom stereocenters. The van der Waals surface area contributed by atoms with Crippen LogP contribution in [0.3, 0.4) is 0 Å². The summed E-state index contributed by atoms with van der Waals surface area (Å²) in [5.41, 5.74) is 0.654. The number of hydrogen-bond donors (Lipinski definition) is 1. The van der Waals surface area contributed by atoms with E-state index in [1.165, 1.54) is 12.0 Å². The summed E-state index contributed by atoms with van der Waals surface area (Å²) in [6, 6.07) is 8.17. The maximum absolute atomic E-state index is 11.1. The Morgan fingerprint density at radius 1 is 1.09 bits per heavy atom. The van der Waals surface area contributed by atoms with Crippen LogP contribution in [-0.4, -0.2) is 43.4 Å². The highest BCUT2D eigenvalue weighted by molar-refractivity contribution is 5.31. The van der Waals surface area contributed by atoms with Crippen molar-refractivity contribution in [3.63, 3.8) is 0 Å². The zero-order valence-corrected chi connectivity index (χ0v) is 14.9. The van der Waals surface area contributed by atoms with E-state index in [1.807, 2.05) is 26.0 Å². The first kappa shape index (κ1) is 19.0.